The number of methoxy groups -OCH3 is 2. The fourth-order valence-electron chi connectivity index (χ4n) is 3.15. The van der Waals surface area contributed by atoms with Gasteiger partial charge in [0.1, 0.15) is 5.82 Å². The van der Waals surface area contributed by atoms with E-state index >= 15 is 0 Å². The first kappa shape index (κ1) is 24.6. The molecule has 0 saturated carbocycles. The lowest BCUT2D eigenvalue weighted by Gasteiger charge is -2.12. The first-order valence-corrected chi connectivity index (χ1v) is 12.1. The molecule has 9 nitrogen and oxygen atoms in total. The average molecular weight is 473 g/mol. The van der Waals surface area contributed by atoms with Gasteiger partial charge in [0.25, 0.3) is 5.91 Å². The summed E-state index contributed by atoms with van der Waals surface area (Å²) in [5.74, 6) is 3.14. The number of thioether (sulfide) groups is 1. The largest absolute Gasteiger partial charge is 0.493 e. The third-order valence-corrected chi connectivity index (χ3v) is 5.90. The van der Waals surface area contributed by atoms with Crippen LogP contribution in [0.2, 0.25) is 0 Å². The van der Waals surface area contributed by atoms with Gasteiger partial charge in [-0.15, -0.1) is 0 Å². The number of amides is 1. The summed E-state index contributed by atoms with van der Waals surface area (Å²) in [6.07, 6.45) is 2.82. The third-order valence-electron chi connectivity index (χ3n) is 4.84. The molecule has 2 heterocycles. The Morgan fingerprint density at radius 1 is 1.18 bits per heavy atom. The van der Waals surface area contributed by atoms with Gasteiger partial charge >= 0.3 is 0 Å². The van der Waals surface area contributed by atoms with Crippen LogP contribution in [0.15, 0.2) is 29.6 Å². The number of rotatable bonds is 12. The molecule has 33 heavy (non-hydrogen) atoms. The normalized spacial score (nSPS) is 11.1. The van der Waals surface area contributed by atoms with E-state index in [-0.39, 0.29) is 5.91 Å². The van der Waals surface area contributed by atoms with E-state index in [1.165, 1.54) is 0 Å². The molecule has 0 bridgehead atoms. The molecule has 0 spiro atoms. The van der Waals surface area contributed by atoms with Crippen molar-refractivity contribution in [3.05, 3.63) is 30.0 Å². The van der Waals surface area contributed by atoms with Crippen LogP contribution < -0.4 is 20.1 Å². The highest BCUT2D eigenvalue weighted by Crippen LogP contribution is 2.27. The molecule has 2 N–H and O–H groups in total. The van der Waals surface area contributed by atoms with E-state index in [9.17, 15) is 4.79 Å². The smallest absolute Gasteiger partial charge is 0.251 e. The second-order valence-corrected chi connectivity index (χ2v) is 8.97. The van der Waals surface area contributed by atoms with Crippen LogP contribution >= 0.6 is 11.8 Å². The van der Waals surface area contributed by atoms with Crippen molar-refractivity contribution >= 4 is 34.5 Å². The van der Waals surface area contributed by atoms with Crippen LogP contribution in [0.25, 0.3) is 11.0 Å². The minimum absolute atomic E-state index is 0.194. The lowest BCUT2D eigenvalue weighted by Crippen LogP contribution is -2.27. The lowest BCUT2D eigenvalue weighted by molar-refractivity contribution is 0.0951. The summed E-state index contributed by atoms with van der Waals surface area (Å²) >= 11 is 1.63. The quantitative estimate of drug-likeness (QED) is 0.303. The molecule has 10 heteroatoms. The van der Waals surface area contributed by atoms with Gasteiger partial charge in [0.15, 0.2) is 22.3 Å². The molecule has 0 aliphatic carbocycles. The maximum absolute atomic E-state index is 12.6. The number of aromatic nitrogens is 4. The molecule has 0 saturated heterocycles. The van der Waals surface area contributed by atoms with Crippen LogP contribution in [0.4, 0.5) is 5.82 Å². The Hall–Kier alpha value is -3.01. The predicted molar refractivity (Wildman–Crippen MR) is 132 cm³/mol. The molecule has 178 valence electrons. The third kappa shape index (κ3) is 6.28. The van der Waals surface area contributed by atoms with Crippen LogP contribution in [0.1, 0.15) is 37.6 Å². The van der Waals surface area contributed by atoms with Gasteiger partial charge in [-0.05, 0) is 30.5 Å². The first-order valence-electron chi connectivity index (χ1n) is 11.1. The number of benzene rings is 1. The van der Waals surface area contributed by atoms with Crippen LogP contribution in [-0.4, -0.2) is 58.7 Å². The van der Waals surface area contributed by atoms with E-state index in [1.54, 1.807) is 50.4 Å². The highest BCUT2D eigenvalue weighted by molar-refractivity contribution is 7.99. The Morgan fingerprint density at radius 3 is 2.67 bits per heavy atom. The van der Waals surface area contributed by atoms with E-state index in [0.717, 1.165) is 40.7 Å². The summed E-state index contributed by atoms with van der Waals surface area (Å²) in [6, 6.07) is 5.08. The molecule has 1 aromatic carbocycles. The number of hydrogen-bond donors (Lipinski definition) is 2. The Balaban J connectivity index is 1.73. The molecular formula is C23H32N6O3S. The SMILES string of the molecule is CCCSc1nc(NCC(C)C)c2cnn(CCNC(=O)c3ccc(OC)c(OC)c3)c2n1. The summed E-state index contributed by atoms with van der Waals surface area (Å²) in [5.41, 5.74) is 1.26. The monoisotopic (exact) mass is 472 g/mol. The maximum Gasteiger partial charge on any atom is 0.251 e. The van der Waals surface area contributed by atoms with E-state index < -0.39 is 0 Å². The molecular weight excluding hydrogens is 440 g/mol. The molecule has 0 aliphatic heterocycles. The lowest BCUT2D eigenvalue weighted by atomic mass is 10.2. The minimum atomic E-state index is -0.194. The summed E-state index contributed by atoms with van der Waals surface area (Å²) in [7, 11) is 3.10. The van der Waals surface area contributed by atoms with Crippen molar-refractivity contribution in [2.24, 2.45) is 5.92 Å². The van der Waals surface area contributed by atoms with Crippen molar-refractivity contribution < 1.29 is 14.3 Å². The van der Waals surface area contributed by atoms with Gasteiger partial charge in [-0.1, -0.05) is 32.5 Å². The number of ether oxygens (including phenoxy) is 2. The summed E-state index contributed by atoms with van der Waals surface area (Å²) in [4.78, 5) is 22.0. The van der Waals surface area contributed by atoms with Crippen molar-refractivity contribution in [1.29, 1.82) is 0 Å². The zero-order valence-electron chi connectivity index (χ0n) is 19.8. The van der Waals surface area contributed by atoms with Crippen molar-refractivity contribution in [3.63, 3.8) is 0 Å². The first-order chi connectivity index (χ1) is 16.0. The van der Waals surface area contributed by atoms with Gasteiger partial charge in [0, 0.05) is 24.4 Å². The highest BCUT2D eigenvalue weighted by Gasteiger charge is 2.15. The molecule has 3 rings (SSSR count). The van der Waals surface area contributed by atoms with Crippen LogP contribution in [0.5, 0.6) is 11.5 Å². The van der Waals surface area contributed by atoms with Gasteiger partial charge < -0.3 is 20.1 Å². The molecule has 2 aromatic heterocycles. The highest BCUT2D eigenvalue weighted by atomic mass is 32.2. The number of carbonyl (C=O) groups excluding carboxylic acids is 1. The fourth-order valence-corrected chi connectivity index (χ4v) is 3.84. The molecule has 0 fully saturated rings. The Kier molecular flexibility index (Phi) is 8.76. The topological polar surface area (TPSA) is 103 Å². The Bertz CT molecular complexity index is 1090. The van der Waals surface area contributed by atoms with Gasteiger partial charge in [-0.25, -0.2) is 14.6 Å². The molecule has 1 amide bonds. The Morgan fingerprint density at radius 2 is 1.97 bits per heavy atom. The molecule has 0 unspecified atom stereocenters. The van der Waals surface area contributed by atoms with Gasteiger partial charge in [0.05, 0.1) is 32.3 Å². The van der Waals surface area contributed by atoms with Crippen molar-refractivity contribution in [2.45, 2.75) is 38.9 Å². The number of carbonyl (C=O) groups is 1. The molecule has 3 aromatic rings. The summed E-state index contributed by atoms with van der Waals surface area (Å²) in [5, 5.41) is 12.5. The van der Waals surface area contributed by atoms with Crippen LogP contribution in [-0.2, 0) is 6.54 Å². The van der Waals surface area contributed by atoms with E-state index in [4.69, 9.17) is 19.4 Å². The minimum Gasteiger partial charge on any atom is -0.493 e. The van der Waals surface area contributed by atoms with Crippen LogP contribution in [0, 0.1) is 5.92 Å². The van der Waals surface area contributed by atoms with Crippen LogP contribution in [0.3, 0.4) is 0 Å². The van der Waals surface area contributed by atoms with Crippen molar-refractivity contribution in [2.75, 3.05) is 38.4 Å². The molecule has 0 atom stereocenters. The van der Waals surface area contributed by atoms with E-state index in [2.05, 4.69) is 36.5 Å². The fraction of sp³-hybridized carbons (Fsp3) is 0.478. The molecule has 0 aliphatic rings. The number of nitrogens with zero attached hydrogens (tertiary/aromatic N) is 4. The van der Waals surface area contributed by atoms with E-state index in [1.807, 2.05) is 4.68 Å². The second-order valence-electron chi connectivity index (χ2n) is 7.91. The van der Waals surface area contributed by atoms with E-state index in [0.29, 0.717) is 36.1 Å². The zero-order chi connectivity index (χ0) is 23.8. The standard InChI is InChI=1S/C23H32N6O3S/c1-6-11-33-23-27-20(25-13-15(2)3)17-14-26-29(21(17)28-23)10-9-24-22(30)16-7-8-18(31-4)19(12-16)32-5/h7-8,12,14-15H,6,9-11,13H2,1-5H3,(H,24,30)(H,25,27,28). The maximum atomic E-state index is 12.6. The number of nitrogens with one attached hydrogen (secondary N) is 2. The second kappa shape index (κ2) is 11.7. The number of hydrogen-bond acceptors (Lipinski definition) is 8. The number of fused-ring (bicyclic) bond motifs is 1. The summed E-state index contributed by atoms with van der Waals surface area (Å²) < 4.78 is 12.3. The average Bonchev–Trinajstić information content (AvgIpc) is 3.23. The summed E-state index contributed by atoms with van der Waals surface area (Å²) in [6.45, 7) is 8.15. The number of anilines is 1. The molecule has 0 radical (unpaired) electrons. The van der Waals surface area contributed by atoms with Crippen molar-refractivity contribution in [1.82, 2.24) is 25.1 Å². The van der Waals surface area contributed by atoms with Gasteiger partial charge in [-0.2, -0.15) is 5.10 Å². The Labute approximate surface area is 198 Å². The predicted octanol–water partition coefficient (Wildman–Crippen LogP) is 3.84. The van der Waals surface area contributed by atoms with Crippen molar-refractivity contribution in [3.8, 4) is 11.5 Å². The van der Waals surface area contributed by atoms with Gasteiger partial charge in [0.2, 0.25) is 0 Å². The van der Waals surface area contributed by atoms with Gasteiger partial charge in [-0.3, -0.25) is 4.79 Å². The zero-order valence-corrected chi connectivity index (χ0v) is 20.7.